The number of aromatic nitrogens is 3. The van der Waals surface area contributed by atoms with Crippen LogP contribution in [0.15, 0.2) is 18.3 Å². The molecule has 1 saturated heterocycles. The van der Waals surface area contributed by atoms with Crippen molar-refractivity contribution >= 4 is 17.4 Å². The van der Waals surface area contributed by atoms with Crippen molar-refractivity contribution in [3.63, 3.8) is 0 Å². The number of pyridine rings is 1. The lowest BCUT2D eigenvalue weighted by molar-refractivity contribution is 0.477. The monoisotopic (exact) mass is 235 g/mol. The molecule has 0 bridgehead atoms. The van der Waals surface area contributed by atoms with Crippen molar-refractivity contribution in [1.82, 2.24) is 14.6 Å². The second-order valence-electron chi connectivity index (χ2n) is 4.12. The van der Waals surface area contributed by atoms with Gasteiger partial charge in [0.25, 0.3) is 0 Å². The van der Waals surface area contributed by atoms with Gasteiger partial charge in [0.2, 0.25) is 0 Å². The van der Waals surface area contributed by atoms with E-state index in [9.17, 15) is 5.11 Å². The predicted octanol–water partition coefficient (Wildman–Crippen LogP) is 1.73. The summed E-state index contributed by atoms with van der Waals surface area (Å²) >= 11 is 2.00. The van der Waals surface area contributed by atoms with Gasteiger partial charge >= 0.3 is 0 Å². The largest absolute Gasteiger partial charge is 0.504 e. The Morgan fingerprint density at radius 3 is 3.25 bits per heavy atom. The van der Waals surface area contributed by atoms with E-state index in [1.54, 1.807) is 16.6 Å². The highest BCUT2D eigenvalue weighted by atomic mass is 32.2. The van der Waals surface area contributed by atoms with Gasteiger partial charge in [-0.25, -0.2) is 9.50 Å². The fourth-order valence-electron chi connectivity index (χ4n) is 2.03. The maximum Gasteiger partial charge on any atom is 0.197 e. The minimum absolute atomic E-state index is 0.196. The molecule has 3 rings (SSSR count). The topological polar surface area (TPSA) is 50.4 Å². The van der Waals surface area contributed by atoms with Crippen LogP contribution in [0.3, 0.4) is 0 Å². The summed E-state index contributed by atoms with van der Waals surface area (Å²) in [6.07, 6.45) is 4.00. The van der Waals surface area contributed by atoms with Gasteiger partial charge in [-0.05, 0) is 36.0 Å². The Morgan fingerprint density at radius 2 is 2.50 bits per heavy atom. The SMILES string of the molecule is Oc1cccn2nc(CC3CCSC3)nc12. The highest BCUT2D eigenvalue weighted by molar-refractivity contribution is 7.99. The number of nitrogens with zero attached hydrogens (tertiary/aromatic N) is 3. The first kappa shape index (κ1) is 9.96. The summed E-state index contributed by atoms with van der Waals surface area (Å²) in [5, 5.41) is 14.0. The van der Waals surface area contributed by atoms with Gasteiger partial charge in [0.15, 0.2) is 17.2 Å². The maximum absolute atomic E-state index is 9.62. The molecule has 1 unspecified atom stereocenters. The summed E-state index contributed by atoms with van der Waals surface area (Å²) < 4.78 is 1.65. The van der Waals surface area contributed by atoms with Crippen molar-refractivity contribution in [3.05, 3.63) is 24.2 Å². The molecule has 3 heterocycles. The molecule has 1 aliphatic rings. The maximum atomic E-state index is 9.62. The summed E-state index contributed by atoms with van der Waals surface area (Å²) in [5.74, 6) is 4.20. The van der Waals surface area contributed by atoms with Gasteiger partial charge in [-0.3, -0.25) is 0 Å². The first-order valence-corrected chi connectivity index (χ1v) is 6.59. The first-order valence-electron chi connectivity index (χ1n) is 5.44. The molecule has 2 aromatic rings. The average Bonchev–Trinajstić information content (AvgIpc) is 2.88. The summed E-state index contributed by atoms with van der Waals surface area (Å²) in [6.45, 7) is 0. The second kappa shape index (κ2) is 3.97. The van der Waals surface area contributed by atoms with Crippen LogP contribution in [-0.4, -0.2) is 31.2 Å². The third kappa shape index (κ3) is 1.75. The standard InChI is InChI=1S/C11H13N3OS/c15-9-2-1-4-14-11(9)12-10(13-14)6-8-3-5-16-7-8/h1-2,4,8,15H,3,5-7H2. The van der Waals surface area contributed by atoms with Crippen molar-refractivity contribution in [1.29, 1.82) is 0 Å². The molecule has 0 saturated carbocycles. The van der Waals surface area contributed by atoms with E-state index in [0.717, 1.165) is 12.2 Å². The zero-order valence-corrected chi connectivity index (χ0v) is 9.65. The molecule has 2 aromatic heterocycles. The van der Waals surface area contributed by atoms with Crippen LogP contribution in [0.1, 0.15) is 12.2 Å². The molecule has 5 heteroatoms. The third-order valence-corrected chi connectivity index (χ3v) is 4.11. The second-order valence-corrected chi connectivity index (χ2v) is 5.27. The van der Waals surface area contributed by atoms with E-state index in [0.29, 0.717) is 11.6 Å². The number of hydrogen-bond acceptors (Lipinski definition) is 4. The molecule has 1 aliphatic heterocycles. The van der Waals surface area contributed by atoms with Gasteiger partial charge < -0.3 is 5.11 Å². The molecule has 1 N–H and O–H groups in total. The van der Waals surface area contributed by atoms with Crippen LogP contribution in [0.2, 0.25) is 0 Å². The number of rotatable bonds is 2. The summed E-state index contributed by atoms with van der Waals surface area (Å²) in [7, 11) is 0. The minimum Gasteiger partial charge on any atom is -0.504 e. The Bertz CT molecular complexity index is 505. The summed E-state index contributed by atoms with van der Waals surface area (Å²) in [5.41, 5.74) is 0.558. The molecular weight excluding hydrogens is 222 g/mol. The van der Waals surface area contributed by atoms with E-state index in [1.807, 2.05) is 18.0 Å². The van der Waals surface area contributed by atoms with Crippen LogP contribution < -0.4 is 0 Å². The van der Waals surface area contributed by atoms with Gasteiger partial charge in [0, 0.05) is 12.6 Å². The summed E-state index contributed by atoms with van der Waals surface area (Å²) in [6, 6.07) is 3.41. The van der Waals surface area contributed by atoms with E-state index < -0.39 is 0 Å². The van der Waals surface area contributed by atoms with Crippen molar-refractivity contribution < 1.29 is 5.11 Å². The zero-order valence-electron chi connectivity index (χ0n) is 8.83. The van der Waals surface area contributed by atoms with E-state index in [1.165, 1.54) is 17.9 Å². The third-order valence-electron chi connectivity index (χ3n) is 2.88. The first-order chi connectivity index (χ1) is 7.83. The Hall–Kier alpha value is -1.23. The quantitative estimate of drug-likeness (QED) is 0.861. The fraction of sp³-hybridized carbons (Fsp3) is 0.455. The lowest BCUT2D eigenvalue weighted by atomic mass is 10.1. The molecule has 0 spiro atoms. The Morgan fingerprint density at radius 1 is 1.56 bits per heavy atom. The summed E-state index contributed by atoms with van der Waals surface area (Å²) in [4.78, 5) is 4.37. The van der Waals surface area contributed by atoms with Gasteiger partial charge in [-0.15, -0.1) is 0 Å². The molecule has 0 aromatic carbocycles. The molecule has 16 heavy (non-hydrogen) atoms. The number of aromatic hydroxyl groups is 1. The highest BCUT2D eigenvalue weighted by Gasteiger charge is 2.18. The Labute approximate surface area is 97.7 Å². The zero-order chi connectivity index (χ0) is 11.0. The molecule has 1 atom stereocenters. The number of fused-ring (bicyclic) bond motifs is 1. The van der Waals surface area contributed by atoms with Gasteiger partial charge in [0.1, 0.15) is 0 Å². The smallest absolute Gasteiger partial charge is 0.197 e. The van der Waals surface area contributed by atoms with Gasteiger partial charge in [-0.2, -0.15) is 16.9 Å². The van der Waals surface area contributed by atoms with Gasteiger partial charge in [-0.1, -0.05) is 0 Å². The molecule has 4 nitrogen and oxygen atoms in total. The number of thioether (sulfide) groups is 1. The van der Waals surface area contributed by atoms with Crippen LogP contribution >= 0.6 is 11.8 Å². The Kier molecular flexibility index (Phi) is 2.47. The fourth-order valence-corrected chi connectivity index (χ4v) is 3.31. The van der Waals surface area contributed by atoms with Crippen molar-refractivity contribution in [2.24, 2.45) is 5.92 Å². The van der Waals surface area contributed by atoms with Crippen LogP contribution in [0.4, 0.5) is 0 Å². The molecule has 0 radical (unpaired) electrons. The van der Waals surface area contributed by atoms with E-state index >= 15 is 0 Å². The molecule has 84 valence electrons. The van der Waals surface area contributed by atoms with E-state index in [2.05, 4.69) is 10.1 Å². The molecule has 0 aliphatic carbocycles. The van der Waals surface area contributed by atoms with E-state index in [-0.39, 0.29) is 5.75 Å². The lowest BCUT2D eigenvalue weighted by Crippen LogP contribution is -2.04. The molecule has 1 fully saturated rings. The van der Waals surface area contributed by atoms with Crippen molar-refractivity contribution in [2.75, 3.05) is 11.5 Å². The van der Waals surface area contributed by atoms with E-state index in [4.69, 9.17) is 0 Å². The lowest BCUT2D eigenvalue weighted by Gasteiger charge is -2.02. The molecular formula is C11H13N3OS. The van der Waals surface area contributed by atoms with Crippen LogP contribution in [0, 0.1) is 5.92 Å². The normalized spacial score (nSPS) is 20.6. The van der Waals surface area contributed by atoms with Crippen LogP contribution in [0.5, 0.6) is 5.75 Å². The molecule has 0 amide bonds. The van der Waals surface area contributed by atoms with Gasteiger partial charge in [0.05, 0.1) is 0 Å². The highest BCUT2D eigenvalue weighted by Crippen LogP contribution is 2.26. The van der Waals surface area contributed by atoms with Crippen LogP contribution in [-0.2, 0) is 6.42 Å². The predicted molar refractivity (Wildman–Crippen MR) is 63.8 cm³/mol. The minimum atomic E-state index is 0.196. The van der Waals surface area contributed by atoms with Crippen molar-refractivity contribution in [3.8, 4) is 5.75 Å². The average molecular weight is 235 g/mol. The number of hydrogen-bond donors (Lipinski definition) is 1. The van der Waals surface area contributed by atoms with Crippen molar-refractivity contribution in [2.45, 2.75) is 12.8 Å². The Balaban J connectivity index is 1.90. The van der Waals surface area contributed by atoms with Crippen LogP contribution in [0.25, 0.3) is 5.65 Å².